The molecule has 0 amide bonds. The molecule has 4 nitrogen and oxygen atoms in total. The highest BCUT2D eigenvalue weighted by Gasteiger charge is 2.43. The Balaban J connectivity index is 2.17. The highest BCUT2D eigenvalue weighted by atomic mass is 79.9. The molecule has 0 bridgehead atoms. The predicted molar refractivity (Wildman–Crippen MR) is 109 cm³/mol. The average molecular weight is 432 g/mol. The van der Waals surface area contributed by atoms with Crippen LogP contribution in [0.5, 0.6) is 0 Å². The van der Waals surface area contributed by atoms with Crippen molar-refractivity contribution in [1.29, 1.82) is 0 Å². The van der Waals surface area contributed by atoms with Gasteiger partial charge >= 0.3 is 5.97 Å². The van der Waals surface area contributed by atoms with E-state index in [1.54, 1.807) is 0 Å². The minimum absolute atomic E-state index is 0.0963. The Labute approximate surface area is 169 Å². The summed E-state index contributed by atoms with van der Waals surface area (Å²) < 4.78 is 6.43. The summed E-state index contributed by atoms with van der Waals surface area (Å²) in [5.41, 5.74) is 3.74. The van der Waals surface area contributed by atoms with Gasteiger partial charge in [0.1, 0.15) is 0 Å². The van der Waals surface area contributed by atoms with Crippen molar-refractivity contribution in [3.05, 3.63) is 56.8 Å². The quantitative estimate of drug-likeness (QED) is 0.683. The molecule has 0 radical (unpaired) electrons. The summed E-state index contributed by atoms with van der Waals surface area (Å²) in [5, 5.41) is 3.35. The fourth-order valence-corrected chi connectivity index (χ4v) is 4.42. The van der Waals surface area contributed by atoms with Crippen LogP contribution in [-0.2, 0) is 14.3 Å². The number of benzene rings is 1. The first-order valence-corrected chi connectivity index (χ1v) is 10.1. The Kier molecular flexibility index (Phi) is 5.35. The lowest BCUT2D eigenvalue weighted by Crippen LogP contribution is -2.39. The molecule has 27 heavy (non-hydrogen) atoms. The smallest absolute Gasteiger partial charge is 0.337 e. The number of dihydropyridines is 1. The molecule has 3 rings (SSSR count). The summed E-state index contributed by atoms with van der Waals surface area (Å²) >= 11 is 3.51. The largest absolute Gasteiger partial charge is 0.460 e. The van der Waals surface area contributed by atoms with Crippen molar-refractivity contribution >= 4 is 27.7 Å². The molecule has 1 N–H and O–H groups in total. The highest BCUT2D eigenvalue weighted by molar-refractivity contribution is 9.10. The number of rotatable bonds is 3. The van der Waals surface area contributed by atoms with Crippen LogP contribution in [0.2, 0.25) is 0 Å². The maximum Gasteiger partial charge on any atom is 0.337 e. The third-order valence-corrected chi connectivity index (χ3v) is 5.48. The molecule has 2 aliphatic rings. The number of ether oxygens (including phenoxy) is 1. The number of hydrogen-bond acceptors (Lipinski definition) is 4. The first kappa shape index (κ1) is 19.9. The van der Waals surface area contributed by atoms with Crippen LogP contribution in [0.15, 0.2) is 51.3 Å². The van der Waals surface area contributed by atoms with Crippen LogP contribution in [0.1, 0.15) is 58.9 Å². The van der Waals surface area contributed by atoms with Crippen LogP contribution in [-0.4, -0.2) is 17.9 Å². The van der Waals surface area contributed by atoms with Crippen molar-refractivity contribution in [2.75, 3.05) is 0 Å². The minimum Gasteiger partial charge on any atom is -0.460 e. The Morgan fingerprint density at radius 3 is 2.63 bits per heavy atom. The number of ketones is 1. The van der Waals surface area contributed by atoms with Crippen molar-refractivity contribution in [2.45, 2.75) is 59.5 Å². The second-order valence-corrected chi connectivity index (χ2v) is 9.35. The minimum atomic E-state index is -0.409. The van der Waals surface area contributed by atoms with E-state index in [9.17, 15) is 9.59 Å². The molecule has 5 heteroatoms. The van der Waals surface area contributed by atoms with Crippen LogP contribution < -0.4 is 5.32 Å². The van der Waals surface area contributed by atoms with Gasteiger partial charge in [-0.05, 0) is 50.3 Å². The van der Waals surface area contributed by atoms with Gasteiger partial charge in [0, 0.05) is 33.8 Å². The van der Waals surface area contributed by atoms with E-state index in [0.717, 1.165) is 27.9 Å². The second kappa shape index (κ2) is 7.27. The van der Waals surface area contributed by atoms with Gasteiger partial charge in [-0.15, -0.1) is 0 Å². The number of carbonyl (C=O) groups excluding carboxylic acids is 2. The van der Waals surface area contributed by atoms with Gasteiger partial charge in [-0.25, -0.2) is 4.79 Å². The van der Waals surface area contributed by atoms with Crippen molar-refractivity contribution in [2.24, 2.45) is 5.41 Å². The van der Waals surface area contributed by atoms with Crippen LogP contribution in [0, 0.1) is 5.41 Å². The molecule has 0 spiro atoms. The van der Waals surface area contributed by atoms with E-state index in [1.807, 2.05) is 45.0 Å². The first-order valence-electron chi connectivity index (χ1n) is 9.29. The van der Waals surface area contributed by atoms with Gasteiger partial charge in [-0.2, -0.15) is 0 Å². The molecule has 1 heterocycles. The number of esters is 1. The topological polar surface area (TPSA) is 55.4 Å². The van der Waals surface area contributed by atoms with Gasteiger partial charge in [-0.3, -0.25) is 4.79 Å². The normalized spacial score (nSPS) is 21.9. The zero-order valence-electron chi connectivity index (χ0n) is 16.5. The van der Waals surface area contributed by atoms with Crippen molar-refractivity contribution in [1.82, 2.24) is 5.32 Å². The lowest BCUT2D eigenvalue weighted by atomic mass is 9.68. The summed E-state index contributed by atoms with van der Waals surface area (Å²) in [7, 11) is 0. The Morgan fingerprint density at radius 2 is 2.00 bits per heavy atom. The van der Waals surface area contributed by atoms with Gasteiger partial charge in [0.25, 0.3) is 0 Å². The third kappa shape index (κ3) is 4.03. The maximum absolute atomic E-state index is 13.1. The number of halogens is 1. The predicted octanol–water partition coefficient (Wildman–Crippen LogP) is 5.00. The summed E-state index contributed by atoms with van der Waals surface area (Å²) in [6, 6.07) is 7.81. The van der Waals surface area contributed by atoms with Gasteiger partial charge in [0.05, 0.1) is 11.7 Å². The molecule has 1 unspecified atom stereocenters. The van der Waals surface area contributed by atoms with Crippen LogP contribution in [0.3, 0.4) is 0 Å². The number of allylic oxidation sites excluding steroid dienone is 3. The molecular weight excluding hydrogens is 406 g/mol. The van der Waals surface area contributed by atoms with E-state index in [2.05, 4.69) is 35.1 Å². The maximum atomic E-state index is 13.1. The lowest BCUT2D eigenvalue weighted by molar-refractivity contribution is -0.143. The Hall–Kier alpha value is -1.88. The molecule has 144 valence electrons. The molecule has 0 saturated carbocycles. The molecule has 0 saturated heterocycles. The molecule has 1 aliphatic carbocycles. The number of carbonyl (C=O) groups is 2. The van der Waals surface area contributed by atoms with E-state index in [-0.39, 0.29) is 23.3 Å². The zero-order chi connectivity index (χ0) is 19.9. The fraction of sp³-hybridized carbons (Fsp3) is 0.455. The molecule has 1 aromatic carbocycles. The van der Waals surface area contributed by atoms with Crippen LogP contribution in [0.4, 0.5) is 0 Å². The zero-order valence-corrected chi connectivity index (χ0v) is 18.1. The first-order chi connectivity index (χ1) is 12.6. The van der Waals surface area contributed by atoms with E-state index >= 15 is 0 Å². The monoisotopic (exact) mass is 431 g/mol. The van der Waals surface area contributed by atoms with E-state index in [1.165, 1.54) is 0 Å². The van der Waals surface area contributed by atoms with Crippen molar-refractivity contribution < 1.29 is 14.3 Å². The number of hydrogen-bond donors (Lipinski definition) is 1. The summed E-state index contributed by atoms with van der Waals surface area (Å²) in [6.45, 7) is 9.75. The molecular formula is C22H26BrNO3. The molecule has 1 aliphatic heterocycles. The lowest BCUT2D eigenvalue weighted by Gasteiger charge is -2.39. The molecule has 0 aromatic heterocycles. The number of Topliss-reactive ketones (excluding diaryl/α,β-unsaturated/α-hetero) is 1. The molecule has 1 atom stereocenters. The van der Waals surface area contributed by atoms with Gasteiger partial charge in [-0.1, -0.05) is 41.9 Å². The van der Waals surface area contributed by atoms with Crippen LogP contribution in [0.25, 0.3) is 0 Å². The number of nitrogens with one attached hydrogen (secondary N) is 1. The standard InChI is InChI=1S/C22H26BrNO3/c1-12(2)27-21(26)18-13(3)24-16-10-22(4,5)11-17(25)20(16)19(18)14-7-6-8-15(23)9-14/h6-9,12,19,24H,10-11H2,1-5H3. The fourth-order valence-electron chi connectivity index (χ4n) is 4.00. The van der Waals surface area contributed by atoms with Gasteiger partial charge in [0.15, 0.2) is 5.78 Å². The second-order valence-electron chi connectivity index (χ2n) is 8.44. The van der Waals surface area contributed by atoms with Gasteiger partial charge < -0.3 is 10.1 Å². The summed E-state index contributed by atoms with van der Waals surface area (Å²) in [4.78, 5) is 26.1. The van der Waals surface area contributed by atoms with Gasteiger partial charge in [0.2, 0.25) is 0 Å². The van der Waals surface area contributed by atoms with Crippen molar-refractivity contribution in [3.63, 3.8) is 0 Å². The van der Waals surface area contributed by atoms with Crippen LogP contribution >= 0.6 is 15.9 Å². The van der Waals surface area contributed by atoms with Crippen molar-refractivity contribution in [3.8, 4) is 0 Å². The summed E-state index contributed by atoms with van der Waals surface area (Å²) in [6.07, 6.45) is 1.03. The summed E-state index contributed by atoms with van der Waals surface area (Å²) in [5.74, 6) is -0.682. The Bertz CT molecular complexity index is 864. The highest BCUT2D eigenvalue weighted by Crippen LogP contribution is 2.47. The van der Waals surface area contributed by atoms with E-state index in [0.29, 0.717) is 17.6 Å². The molecule has 1 aromatic rings. The molecule has 0 fully saturated rings. The van der Waals surface area contributed by atoms with E-state index in [4.69, 9.17) is 4.74 Å². The third-order valence-electron chi connectivity index (χ3n) is 4.98. The van der Waals surface area contributed by atoms with E-state index < -0.39 is 5.92 Å². The average Bonchev–Trinajstić information content (AvgIpc) is 2.51. The Morgan fingerprint density at radius 1 is 1.30 bits per heavy atom. The SMILES string of the molecule is CC1=C(C(=O)OC(C)C)C(c2cccc(Br)c2)C2=C(CC(C)(C)CC2=O)N1.